The number of nitrogens with one attached hydrogen (secondary N) is 1. The first-order valence-corrected chi connectivity index (χ1v) is 8.23. The van der Waals surface area contributed by atoms with Gasteiger partial charge in [-0.05, 0) is 17.5 Å². The van der Waals surface area contributed by atoms with Gasteiger partial charge in [0.25, 0.3) is 5.91 Å². The summed E-state index contributed by atoms with van der Waals surface area (Å²) in [7, 11) is 1.30. The van der Waals surface area contributed by atoms with Crippen LogP contribution in [0.3, 0.4) is 0 Å². The SMILES string of the molecule is COC(=O)c1sccc1NC(=O)c1ccc(OC2CCOC2)nc1. The summed E-state index contributed by atoms with van der Waals surface area (Å²) in [4.78, 5) is 28.4. The van der Waals surface area contributed by atoms with Crippen LogP contribution in [0.1, 0.15) is 26.5 Å². The number of amides is 1. The number of nitrogens with zero attached hydrogens (tertiary/aromatic N) is 1. The van der Waals surface area contributed by atoms with Crippen molar-refractivity contribution < 1.29 is 23.8 Å². The highest BCUT2D eigenvalue weighted by molar-refractivity contribution is 7.12. The lowest BCUT2D eigenvalue weighted by molar-refractivity contribution is 0.0607. The van der Waals surface area contributed by atoms with Crippen LogP contribution in [-0.2, 0) is 9.47 Å². The molecule has 1 saturated heterocycles. The highest BCUT2D eigenvalue weighted by Gasteiger charge is 2.19. The van der Waals surface area contributed by atoms with Gasteiger partial charge < -0.3 is 19.5 Å². The number of thiophene rings is 1. The molecule has 0 saturated carbocycles. The smallest absolute Gasteiger partial charge is 0.350 e. The number of hydrogen-bond donors (Lipinski definition) is 1. The van der Waals surface area contributed by atoms with Gasteiger partial charge in [-0.1, -0.05) is 0 Å². The normalized spacial score (nSPS) is 16.6. The number of carbonyl (C=O) groups excluding carboxylic acids is 2. The van der Waals surface area contributed by atoms with Crippen LogP contribution >= 0.6 is 11.3 Å². The van der Waals surface area contributed by atoms with E-state index in [2.05, 4.69) is 15.0 Å². The second-order valence-corrected chi connectivity index (χ2v) is 6.01. The van der Waals surface area contributed by atoms with Crippen molar-refractivity contribution in [3.8, 4) is 5.88 Å². The van der Waals surface area contributed by atoms with Gasteiger partial charge in [0, 0.05) is 18.7 Å². The molecule has 1 fully saturated rings. The van der Waals surface area contributed by atoms with E-state index in [1.54, 1.807) is 23.6 Å². The summed E-state index contributed by atoms with van der Waals surface area (Å²) in [5.41, 5.74) is 0.785. The molecule has 1 unspecified atom stereocenters. The molecule has 1 aliphatic heterocycles. The molecule has 7 nitrogen and oxygen atoms in total. The first kappa shape index (κ1) is 16.4. The lowest BCUT2D eigenvalue weighted by atomic mass is 10.2. The van der Waals surface area contributed by atoms with Crippen molar-refractivity contribution in [2.45, 2.75) is 12.5 Å². The zero-order chi connectivity index (χ0) is 16.9. The van der Waals surface area contributed by atoms with Crippen molar-refractivity contribution in [3.05, 3.63) is 40.2 Å². The maximum atomic E-state index is 12.3. The molecule has 1 atom stereocenters. The molecule has 24 heavy (non-hydrogen) atoms. The van der Waals surface area contributed by atoms with E-state index in [0.717, 1.165) is 6.42 Å². The lowest BCUT2D eigenvalue weighted by Gasteiger charge is -2.11. The summed E-state index contributed by atoms with van der Waals surface area (Å²) >= 11 is 1.20. The molecule has 1 N–H and O–H groups in total. The fourth-order valence-corrected chi connectivity index (χ4v) is 2.98. The van der Waals surface area contributed by atoms with E-state index < -0.39 is 5.97 Å². The summed E-state index contributed by atoms with van der Waals surface area (Å²) < 4.78 is 15.6. The van der Waals surface area contributed by atoms with Crippen molar-refractivity contribution in [1.82, 2.24) is 4.98 Å². The minimum Gasteiger partial charge on any atom is -0.472 e. The third kappa shape index (κ3) is 3.72. The average molecular weight is 348 g/mol. The number of pyridine rings is 1. The fraction of sp³-hybridized carbons (Fsp3) is 0.312. The van der Waals surface area contributed by atoms with Crippen LogP contribution in [-0.4, -0.2) is 43.3 Å². The average Bonchev–Trinajstić information content (AvgIpc) is 3.26. The Kier molecular flexibility index (Phi) is 5.07. The molecule has 1 amide bonds. The van der Waals surface area contributed by atoms with Crippen molar-refractivity contribution >= 4 is 28.9 Å². The maximum Gasteiger partial charge on any atom is 0.350 e. The number of esters is 1. The predicted octanol–water partition coefficient (Wildman–Crippen LogP) is 2.35. The van der Waals surface area contributed by atoms with Crippen molar-refractivity contribution in [3.63, 3.8) is 0 Å². The quantitative estimate of drug-likeness (QED) is 0.835. The zero-order valence-electron chi connectivity index (χ0n) is 13.0. The Morgan fingerprint density at radius 1 is 1.38 bits per heavy atom. The van der Waals surface area contributed by atoms with Crippen LogP contribution in [0.25, 0.3) is 0 Å². The van der Waals surface area contributed by atoms with Gasteiger partial charge in [-0.15, -0.1) is 11.3 Å². The van der Waals surface area contributed by atoms with E-state index in [4.69, 9.17) is 9.47 Å². The van der Waals surface area contributed by atoms with Crippen molar-refractivity contribution in [2.24, 2.45) is 0 Å². The molecule has 2 aromatic rings. The Labute approximate surface area is 142 Å². The third-order valence-corrected chi connectivity index (χ3v) is 4.35. The first-order chi connectivity index (χ1) is 11.7. The second-order valence-electron chi connectivity index (χ2n) is 5.10. The molecular weight excluding hydrogens is 332 g/mol. The number of carbonyl (C=O) groups is 2. The van der Waals surface area contributed by atoms with Crippen LogP contribution in [0.5, 0.6) is 5.88 Å². The standard InChI is InChI=1S/C16H16N2O5S/c1-21-16(20)14-12(5-7-24-14)18-15(19)10-2-3-13(17-8-10)23-11-4-6-22-9-11/h2-3,5,7-8,11H,4,6,9H2,1H3,(H,18,19). The molecule has 2 aromatic heterocycles. The van der Waals surface area contributed by atoms with Gasteiger partial charge in [0.2, 0.25) is 5.88 Å². The number of rotatable bonds is 5. The van der Waals surface area contributed by atoms with Gasteiger partial charge in [-0.3, -0.25) is 4.79 Å². The second kappa shape index (κ2) is 7.41. The Hall–Kier alpha value is -2.45. The van der Waals surface area contributed by atoms with Gasteiger partial charge in [-0.25, -0.2) is 9.78 Å². The maximum absolute atomic E-state index is 12.3. The van der Waals surface area contributed by atoms with Crippen LogP contribution in [0, 0.1) is 0 Å². The monoisotopic (exact) mass is 348 g/mol. The first-order valence-electron chi connectivity index (χ1n) is 7.35. The van der Waals surface area contributed by atoms with Gasteiger partial charge in [-0.2, -0.15) is 0 Å². The summed E-state index contributed by atoms with van der Waals surface area (Å²) in [6.07, 6.45) is 2.27. The van der Waals surface area contributed by atoms with Crippen LogP contribution in [0.15, 0.2) is 29.8 Å². The highest BCUT2D eigenvalue weighted by atomic mass is 32.1. The highest BCUT2D eigenvalue weighted by Crippen LogP contribution is 2.24. The topological polar surface area (TPSA) is 86.8 Å². The van der Waals surface area contributed by atoms with E-state index in [0.29, 0.717) is 35.2 Å². The molecule has 126 valence electrons. The largest absolute Gasteiger partial charge is 0.472 e. The number of methoxy groups -OCH3 is 1. The molecule has 8 heteroatoms. The number of anilines is 1. The number of ether oxygens (including phenoxy) is 3. The minimum absolute atomic E-state index is 0.00518. The van der Waals surface area contributed by atoms with Gasteiger partial charge in [0.05, 0.1) is 31.6 Å². The lowest BCUT2D eigenvalue weighted by Crippen LogP contribution is -2.17. The van der Waals surface area contributed by atoms with Crippen LogP contribution in [0.4, 0.5) is 5.69 Å². The third-order valence-electron chi connectivity index (χ3n) is 3.46. The summed E-state index contributed by atoms with van der Waals surface area (Å²) in [6, 6.07) is 4.92. The molecule has 0 aliphatic carbocycles. The van der Waals surface area contributed by atoms with E-state index in [-0.39, 0.29) is 12.0 Å². The summed E-state index contributed by atoms with van der Waals surface area (Å²) in [5.74, 6) is -0.393. The van der Waals surface area contributed by atoms with Gasteiger partial charge in [0.15, 0.2) is 0 Å². The van der Waals surface area contributed by atoms with Gasteiger partial charge in [0.1, 0.15) is 11.0 Å². The van der Waals surface area contributed by atoms with Gasteiger partial charge >= 0.3 is 5.97 Å². The Balaban J connectivity index is 1.65. The number of hydrogen-bond acceptors (Lipinski definition) is 7. The zero-order valence-corrected chi connectivity index (χ0v) is 13.8. The predicted molar refractivity (Wildman–Crippen MR) is 87.7 cm³/mol. The van der Waals surface area contributed by atoms with E-state index in [1.165, 1.54) is 24.6 Å². The minimum atomic E-state index is -0.485. The van der Waals surface area contributed by atoms with E-state index in [1.807, 2.05) is 0 Å². The molecule has 0 radical (unpaired) electrons. The Bertz CT molecular complexity index is 722. The van der Waals surface area contributed by atoms with Crippen LogP contribution in [0.2, 0.25) is 0 Å². The van der Waals surface area contributed by atoms with Crippen LogP contribution < -0.4 is 10.1 Å². The van der Waals surface area contributed by atoms with E-state index >= 15 is 0 Å². The van der Waals surface area contributed by atoms with Crippen molar-refractivity contribution in [2.75, 3.05) is 25.6 Å². The molecule has 0 bridgehead atoms. The fourth-order valence-electron chi connectivity index (χ4n) is 2.21. The number of aromatic nitrogens is 1. The molecule has 0 spiro atoms. The molecule has 3 rings (SSSR count). The summed E-state index contributed by atoms with van der Waals surface area (Å²) in [5, 5.41) is 4.39. The summed E-state index contributed by atoms with van der Waals surface area (Å²) in [6.45, 7) is 1.24. The Morgan fingerprint density at radius 2 is 2.25 bits per heavy atom. The Morgan fingerprint density at radius 3 is 2.92 bits per heavy atom. The molecule has 0 aromatic carbocycles. The molecular formula is C16H16N2O5S. The van der Waals surface area contributed by atoms with Crippen molar-refractivity contribution in [1.29, 1.82) is 0 Å². The molecule has 3 heterocycles. The molecule has 1 aliphatic rings. The van der Waals surface area contributed by atoms with E-state index in [9.17, 15) is 9.59 Å².